The first kappa shape index (κ1) is 15.7. The van der Waals surface area contributed by atoms with Crippen molar-refractivity contribution in [2.45, 2.75) is 13.5 Å². The lowest BCUT2D eigenvalue weighted by atomic mass is 10.1. The van der Waals surface area contributed by atoms with Gasteiger partial charge in [0, 0.05) is 24.7 Å². The van der Waals surface area contributed by atoms with E-state index in [1.807, 2.05) is 55.5 Å². The summed E-state index contributed by atoms with van der Waals surface area (Å²) in [6.45, 7) is 2.06. The molecule has 0 atom stereocenters. The Morgan fingerprint density at radius 2 is 1.92 bits per heavy atom. The van der Waals surface area contributed by atoms with E-state index in [1.54, 1.807) is 17.8 Å². The number of nitrogens with zero attached hydrogens (tertiary/aromatic N) is 2. The van der Waals surface area contributed by atoms with Gasteiger partial charge in [-0.05, 0) is 29.0 Å². The minimum atomic E-state index is -0.497. The molecule has 0 aliphatic rings. The lowest BCUT2D eigenvalue weighted by Crippen LogP contribution is -2.42. The SMILES string of the molecule is Cc1cccc(C(=O)N(C)Cc2c(=O)o[nH][n+]2-c2ccccc2)c1. The molecule has 0 bridgehead atoms. The third-order valence-corrected chi connectivity index (χ3v) is 3.75. The van der Waals surface area contributed by atoms with Crippen molar-refractivity contribution in [3.05, 3.63) is 81.8 Å². The summed E-state index contributed by atoms with van der Waals surface area (Å²) < 4.78 is 6.44. The van der Waals surface area contributed by atoms with Gasteiger partial charge in [0.15, 0.2) is 0 Å². The lowest BCUT2D eigenvalue weighted by molar-refractivity contribution is -0.678. The van der Waals surface area contributed by atoms with Crippen LogP contribution in [0.1, 0.15) is 21.6 Å². The first-order valence-electron chi connectivity index (χ1n) is 7.56. The molecule has 0 saturated carbocycles. The van der Waals surface area contributed by atoms with E-state index < -0.39 is 5.63 Å². The van der Waals surface area contributed by atoms with Crippen LogP contribution in [0.2, 0.25) is 0 Å². The smallest absolute Gasteiger partial charge is 0.331 e. The Morgan fingerprint density at radius 3 is 2.62 bits per heavy atom. The topological polar surface area (TPSA) is 70.2 Å². The van der Waals surface area contributed by atoms with E-state index in [0.717, 1.165) is 11.3 Å². The van der Waals surface area contributed by atoms with Crippen molar-refractivity contribution in [1.29, 1.82) is 0 Å². The second-order valence-corrected chi connectivity index (χ2v) is 5.63. The Morgan fingerprint density at radius 1 is 1.17 bits per heavy atom. The molecule has 2 aromatic carbocycles. The van der Waals surface area contributed by atoms with Crippen LogP contribution in [0.5, 0.6) is 0 Å². The summed E-state index contributed by atoms with van der Waals surface area (Å²) in [6.07, 6.45) is 0. The molecule has 3 rings (SSSR count). The largest absolute Gasteiger partial charge is 0.432 e. The van der Waals surface area contributed by atoms with Crippen LogP contribution in [0.3, 0.4) is 0 Å². The number of carbonyl (C=O) groups excluding carboxylic acids is 1. The first-order valence-corrected chi connectivity index (χ1v) is 7.56. The minimum absolute atomic E-state index is 0.132. The molecule has 0 unspecified atom stereocenters. The summed E-state index contributed by atoms with van der Waals surface area (Å²) in [6, 6.07) is 16.6. The second-order valence-electron chi connectivity index (χ2n) is 5.63. The van der Waals surface area contributed by atoms with Gasteiger partial charge in [0.05, 0.1) is 0 Å². The van der Waals surface area contributed by atoms with Crippen LogP contribution in [0.25, 0.3) is 5.69 Å². The van der Waals surface area contributed by atoms with Gasteiger partial charge in [0.1, 0.15) is 6.54 Å². The highest BCUT2D eigenvalue weighted by Crippen LogP contribution is 2.08. The summed E-state index contributed by atoms with van der Waals surface area (Å²) in [5, 5.41) is 2.57. The summed E-state index contributed by atoms with van der Waals surface area (Å²) in [7, 11) is 1.66. The van der Waals surface area contributed by atoms with Crippen LogP contribution < -0.4 is 10.3 Å². The van der Waals surface area contributed by atoms with Crippen LogP contribution >= 0.6 is 0 Å². The summed E-state index contributed by atoms with van der Waals surface area (Å²) in [5.74, 6) is -0.154. The molecule has 0 aliphatic carbocycles. The molecular weight excluding hydrogens is 306 g/mol. The van der Waals surface area contributed by atoms with Crippen LogP contribution in [-0.2, 0) is 6.54 Å². The van der Waals surface area contributed by atoms with E-state index >= 15 is 0 Å². The third kappa shape index (κ3) is 3.12. The number of nitrogens with one attached hydrogen (secondary N) is 1. The van der Waals surface area contributed by atoms with Gasteiger partial charge in [-0.3, -0.25) is 9.32 Å². The van der Waals surface area contributed by atoms with Crippen molar-refractivity contribution in [1.82, 2.24) is 10.2 Å². The predicted octanol–water partition coefficient (Wildman–Crippen LogP) is 1.83. The number of H-pyrrole nitrogens is 1. The highest BCUT2D eigenvalue weighted by atomic mass is 16.5. The summed E-state index contributed by atoms with van der Waals surface area (Å²) in [5.41, 5.74) is 2.21. The second kappa shape index (κ2) is 6.54. The fourth-order valence-electron chi connectivity index (χ4n) is 2.51. The number of carbonyl (C=O) groups is 1. The Kier molecular flexibility index (Phi) is 4.29. The number of hydrogen-bond donors (Lipinski definition) is 1. The van der Waals surface area contributed by atoms with Crippen molar-refractivity contribution in [3.63, 3.8) is 0 Å². The molecule has 0 radical (unpaired) electrons. The zero-order valence-electron chi connectivity index (χ0n) is 13.5. The molecule has 122 valence electrons. The van der Waals surface area contributed by atoms with Gasteiger partial charge in [-0.1, -0.05) is 35.9 Å². The lowest BCUT2D eigenvalue weighted by Gasteiger charge is -2.14. The van der Waals surface area contributed by atoms with Crippen molar-refractivity contribution in [2.75, 3.05) is 7.05 Å². The van der Waals surface area contributed by atoms with E-state index in [2.05, 4.69) is 5.27 Å². The van der Waals surface area contributed by atoms with Gasteiger partial charge >= 0.3 is 11.3 Å². The summed E-state index contributed by atoms with van der Waals surface area (Å²) >= 11 is 0. The third-order valence-electron chi connectivity index (χ3n) is 3.75. The highest BCUT2D eigenvalue weighted by Gasteiger charge is 2.26. The Balaban J connectivity index is 1.88. The Labute approximate surface area is 138 Å². The molecule has 6 heteroatoms. The fraction of sp³-hybridized carbons (Fsp3) is 0.167. The maximum Gasteiger partial charge on any atom is 0.432 e. The molecule has 24 heavy (non-hydrogen) atoms. The highest BCUT2D eigenvalue weighted by molar-refractivity contribution is 5.94. The zero-order valence-corrected chi connectivity index (χ0v) is 13.5. The van der Waals surface area contributed by atoms with Crippen LogP contribution in [0, 0.1) is 6.92 Å². The molecule has 1 heterocycles. The average molecular weight is 324 g/mol. The maximum atomic E-state index is 12.6. The van der Waals surface area contributed by atoms with Gasteiger partial charge in [-0.25, -0.2) is 4.79 Å². The Bertz CT molecular complexity index is 913. The molecule has 6 nitrogen and oxygen atoms in total. The molecule has 1 N–H and O–H groups in total. The quantitative estimate of drug-likeness (QED) is 0.744. The molecule has 0 spiro atoms. The number of amides is 1. The predicted molar refractivity (Wildman–Crippen MR) is 87.8 cm³/mol. The molecule has 0 fully saturated rings. The van der Waals surface area contributed by atoms with Crippen LogP contribution in [-0.4, -0.2) is 23.1 Å². The van der Waals surface area contributed by atoms with Gasteiger partial charge in [-0.2, -0.15) is 0 Å². The fourth-order valence-corrected chi connectivity index (χ4v) is 2.51. The van der Waals surface area contributed by atoms with Crippen LogP contribution in [0.4, 0.5) is 0 Å². The number of para-hydroxylation sites is 1. The van der Waals surface area contributed by atoms with Gasteiger partial charge < -0.3 is 4.90 Å². The molecular formula is C18H18N3O3+. The summed E-state index contributed by atoms with van der Waals surface area (Å²) in [4.78, 5) is 26.1. The van der Waals surface area contributed by atoms with Crippen molar-refractivity contribution in [3.8, 4) is 5.69 Å². The van der Waals surface area contributed by atoms with Crippen molar-refractivity contribution < 1.29 is 14.0 Å². The molecule has 0 aliphatic heterocycles. The van der Waals surface area contributed by atoms with Gasteiger partial charge in [0.25, 0.3) is 5.91 Å². The normalized spacial score (nSPS) is 10.6. The van der Waals surface area contributed by atoms with E-state index in [-0.39, 0.29) is 12.5 Å². The number of aryl methyl sites for hydroxylation is 1. The van der Waals surface area contributed by atoms with Gasteiger partial charge in [0.2, 0.25) is 5.69 Å². The Hall–Kier alpha value is -3.15. The molecule has 1 aromatic heterocycles. The minimum Gasteiger partial charge on any atom is -0.331 e. The average Bonchev–Trinajstić information content (AvgIpc) is 2.95. The number of benzene rings is 2. The number of hydrogen-bond acceptors (Lipinski definition) is 3. The van der Waals surface area contributed by atoms with E-state index in [1.165, 1.54) is 4.90 Å². The molecule has 1 amide bonds. The number of aromatic nitrogens is 2. The molecule has 3 aromatic rings. The standard InChI is InChI=1S/C18H17N3O3/c1-13-7-6-8-14(11-13)17(22)20(2)12-16-18(23)24-19-21(16)15-9-4-3-5-10-15/h3-11H,12H2,1-2H3/p+1. The maximum absolute atomic E-state index is 12.6. The van der Waals surface area contributed by atoms with E-state index in [0.29, 0.717) is 11.3 Å². The van der Waals surface area contributed by atoms with E-state index in [9.17, 15) is 9.59 Å². The molecule has 0 saturated heterocycles. The van der Waals surface area contributed by atoms with Crippen molar-refractivity contribution >= 4 is 5.91 Å². The number of rotatable bonds is 4. The zero-order chi connectivity index (χ0) is 17.1. The van der Waals surface area contributed by atoms with Gasteiger partial charge in [-0.15, -0.1) is 0 Å². The first-order chi connectivity index (χ1) is 11.6. The number of aromatic amines is 1. The van der Waals surface area contributed by atoms with Crippen molar-refractivity contribution in [2.24, 2.45) is 0 Å². The van der Waals surface area contributed by atoms with Crippen LogP contribution in [0.15, 0.2) is 63.9 Å². The monoisotopic (exact) mass is 324 g/mol. The van der Waals surface area contributed by atoms with E-state index in [4.69, 9.17) is 4.52 Å².